The van der Waals surface area contributed by atoms with Gasteiger partial charge in [0.25, 0.3) is 0 Å². The van der Waals surface area contributed by atoms with Crippen molar-refractivity contribution < 1.29 is 4.42 Å². The number of fused-ring (bicyclic) bond motifs is 10. The van der Waals surface area contributed by atoms with E-state index in [0.29, 0.717) is 0 Å². The van der Waals surface area contributed by atoms with Crippen molar-refractivity contribution in [2.45, 2.75) is 0 Å². The second-order valence-corrected chi connectivity index (χ2v) is 16.4. The number of para-hydroxylation sites is 2. The van der Waals surface area contributed by atoms with Crippen LogP contribution >= 0.6 is 0 Å². The topological polar surface area (TPSA) is 48.8 Å². The molecule has 14 aromatic rings. The molecule has 0 atom stereocenters. The van der Waals surface area contributed by atoms with Gasteiger partial charge in [0.1, 0.15) is 16.9 Å². The average molecular weight is 775 g/mol. The van der Waals surface area contributed by atoms with E-state index in [2.05, 4.69) is 191 Å². The van der Waals surface area contributed by atoms with E-state index in [1.807, 2.05) is 0 Å². The monoisotopic (exact) mass is 774 g/mol. The Bertz CT molecular complexity index is 4280. The quantitative estimate of drug-likeness (QED) is 0.168. The summed E-state index contributed by atoms with van der Waals surface area (Å²) >= 11 is 0. The van der Waals surface area contributed by atoms with Gasteiger partial charge in [-0.25, -0.2) is 9.97 Å². The molecular weight excluding hydrogens is 745 g/mol. The molecule has 10 aromatic carbocycles. The summed E-state index contributed by atoms with van der Waals surface area (Å²) in [6.45, 7) is 0. The van der Waals surface area contributed by atoms with E-state index in [4.69, 9.17) is 14.4 Å². The Hall–Kier alpha value is -8.28. The molecule has 0 radical (unpaired) electrons. The molecule has 0 unspecified atom stereocenters. The maximum Gasteiger partial charge on any atom is 0.165 e. The molecule has 5 nitrogen and oxygen atoms in total. The van der Waals surface area contributed by atoms with Gasteiger partial charge in [-0.1, -0.05) is 133 Å². The van der Waals surface area contributed by atoms with Crippen molar-refractivity contribution in [2.24, 2.45) is 0 Å². The van der Waals surface area contributed by atoms with Crippen LogP contribution in [0.3, 0.4) is 0 Å². The van der Waals surface area contributed by atoms with E-state index in [1.165, 1.54) is 59.7 Å². The molecule has 4 heterocycles. The molecule has 1 aliphatic carbocycles. The van der Waals surface area contributed by atoms with Gasteiger partial charge in [-0.15, -0.1) is 0 Å². The number of aromatic nitrogens is 4. The lowest BCUT2D eigenvalue weighted by atomic mass is 9.95. The first-order valence-electron chi connectivity index (χ1n) is 20.8. The Kier molecular flexibility index (Phi) is 5.85. The number of hydrogen-bond donors (Lipinski definition) is 0. The van der Waals surface area contributed by atoms with Crippen LogP contribution in [-0.4, -0.2) is 19.1 Å². The van der Waals surface area contributed by atoms with Gasteiger partial charge in [-0.3, -0.25) is 4.57 Å². The van der Waals surface area contributed by atoms with E-state index in [1.54, 1.807) is 0 Å². The molecule has 15 rings (SSSR count). The highest BCUT2D eigenvalue weighted by Gasteiger charge is 2.29. The zero-order valence-corrected chi connectivity index (χ0v) is 32.5. The number of rotatable bonds is 3. The second kappa shape index (κ2) is 11.3. The van der Waals surface area contributed by atoms with Gasteiger partial charge in [0.15, 0.2) is 5.82 Å². The Morgan fingerprint density at radius 2 is 0.984 bits per heavy atom. The molecule has 280 valence electrons. The fourth-order valence-corrected chi connectivity index (χ4v) is 10.9. The summed E-state index contributed by atoms with van der Waals surface area (Å²) < 4.78 is 11.4. The minimum atomic E-state index is 0.791. The van der Waals surface area contributed by atoms with Gasteiger partial charge < -0.3 is 8.98 Å². The second-order valence-electron chi connectivity index (χ2n) is 16.4. The van der Waals surface area contributed by atoms with E-state index >= 15 is 0 Å². The summed E-state index contributed by atoms with van der Waals surface area (Å²) in [5.41, 5.74) is 13.4. The number of benzene rings is 10. The van der Waals surface area contributed by atoms with Crippen molar-refractivity contribution >= 4 is 109 Å². The van der Waals surface area contributed by atoms with Crippen LogP contribution in [0, 0.1) is 0 Å². The summed E-state index contributed by atoms with van der Waals surface area (Å²) in [6, 6.07) is 65.5. The molecule has 0 N–H and O–H groups in total. The van der Waals surface area contributed by atoms with Crippen molar-refractivity contribution in [3.8, 4) is 33.9 Å². The molecule has 61 heavy (non-hydrogen) atoms. The highest BCUT2D eigenvalue weighted by molar-refractivity contribution is 6.38. The molecule has 0 amide bonds. The lowest BCUT2D eigenvalue weighted by molar-refractivity contribution is 0.669. The number of nitrogens with zero attached hydrogens (tertiary/aromatic N) is 4. The van der Waals surface area contributed by atoms with Crippen LogP contribution in [0.2, 0.25) is 0 Å². The van der Waals surface area contributed by atoms with Crippen LogP contribution in [0.5, 0.6) is 0 Å². The van der Waals surface area contributed by atoms with Crippen molar-refractivity contribution in [1.29, 1.82) is 0 Å². The van der Waals surface area contributed by atoms with Crippen LogP contribution < -0.4 is 0 Å². The predicted octanol–water partition coefficient (Wildman–Crippen LogP) is 14.8. The first-order chi connectivity index (χ1) is 30.3. The van der Waals surface area contributed by atoms with Crippen LogP contribution in [0.15, 0.2) is 186 Å². The van der Waals surface area contributed by atoms with Crippen LogP contribution in [0.25, 0.3) is 143 Å². The molecule has 5 heteroatoms. The molecule has 4 aromatic heterocycles. The molecule has 0 spiro atoms. The lowest BCUT2D eigenvalue weighted by Gasteiger charge is -2.17. The third-order valence-corrected chi connectivity index (χ3v) is 13.4. The van der Waals surface area contributed by atoms with Gasteiger partial charge >= 0.3 is 0 Å². The minimum Gasteiger partial charge on any atom is -0.456 e. The molecule has 1 aliphatic rings. The molecular formula is C56H30N4O. The Morgan fingerprint density at radius 3 is 1.79 bits per heavy atom. The zero-order valence-electron chi connectivity index (χ0n) is 32.5. The summed E-state index contributed by atoms with van der Waals surface area (Å²) in [7, 11) is 0. The summed E-state index contributed by atoms with van der Waals surface area (Å²) in [5, 5.41) is 14.1. The maximum absolute atomic E-state index is 6.64. The summed E-state index contributed by atoms with van der Waals surface area (Å²) in [6.07, 6.45) is 0. The van der Waals surface area contributed by atoms with Crippen molar-refractivity contribution in [3.05, 3.63) is 182 Å². The third-order valence-electron chi connectivity index (χ3n) is 13.4. The average Bonchev–Trinajstić information content (AvgIpc) is 3.95. The van der Waals surface area contributed by atoms with Gasteiger partial charge in [0.2, 0.25) is 0 Å². The Labute approximate surface area is 346 Å². The van der Waals surface area contributed by atoms with E-state index in [0.717, 1.165) is 83.1 Å². The highest BCUT2D eigenvalue weighted by Crippen LogP contribution is 2.51. The van der Waals surface area contributed by atoms with E-state index in [-0.39, 0.29) is 0 Å². The SMILES string of the molecule is c1ccc(-n2c3ccccc3c3ccc(-c4nc5c6ccccc6c6ccccc6c5nc4-n4c5ccc6cccc7c6c5c5c6c(ccc54)oc4cccc-7c46)cc32)cc1. The first-order valence-corrected chi connectivity index (χ1v) is 20.8. The summed E-state index contributed by atoms with van der Waals surface area (Å²) in [4.78, 5) is 11.7. The number of hydrogen-bond acceptors (Lipinski definition) is 3. The fourth-order valence-electron chi connectivity index (χ4n) is 10.9. The third kappa shape index (κ3) is 3.96. The van der Waals surface area contributed by atoms with Gasteiger partial charge in [-0.05, 0) is 81.2 Å². The Balaban J connectivity index is 1.15. The molecule has 0 fully saturated rings. The predicted molar refractivity (Wildman–Crippen MR) is 252 cm³/mol. The fraction of sp³-hybridized carbons (Fsp3) is 0. The van der Waals surface area contributed by atoms with Gasteiger partial charge in [-0.2, -0.15) is 0 Å². The zero-order chi connectivity index (χ0) is 39.5. The van der Waals surface area contributed by atoms with Crippen LogP contribution in [0.1, 0.15) is 0 Å². The standard InChI is InChI=1S/C56H30N4O/c1-2-13-33(14-3-1)59-42-22-9-8-17-36(42)37-26-24-32(30-45(37)59)53-56(58-55-41-19-7-5-16-35(41)34-15-4-6-18-40(34)54(55)57-53)60-43-27-25-31-12-10-20-38-39-21-11-23-46-49(39)52-47(61-46)29-28-44(60)51(52)50(43)48(31)38/h1-30H. The largest absolute Gasteiger partial charge is 0.456 e. The van der Waals surface area contributed by atoms with E-state index < -0.39 is 0 Å². The Morgan fingerprint density at radius 1 is 0.361 bits per heavy atom. The highest BCUT2D eigenvalue weighted by atomic mass is 16.3. The molecule has 0 saturated carbocycles. The molecule has 0 aliphatic heterocycles. The molecule has 0 saturated heterocycles. The first kappa shape index (κ1) is 31.7. The number of furan rings is 1. The van der Waals surface area contributed by atoms with Crippen molar-refractivity contribution in [3.63, 3.8) is 0 Å². The van der Waals surface area contributed by atoms with Crippen LogP contribution in [0.4, 0.5) is 0 Å². The van der Waals surface area contributed by atoms with Gasteiger partial charge in [0, 0.05) is 54.3 Å². The lowest BCUT2D eigenvalue weighted by Crippen LogP contribution is -2.05. The smallest absolute Gasteiger partial charge is 0.165 e. The van der Waals surface area contributed by atoms with Crippen molar-refractivity contribution in [1.82, 2.24) is 19.1 Å². The maximum atomic E-state index is 6.64. The van der Waals surface area contributed by atoms with Crippen LogP contribution in [-0.2, 0) is 0 Å². The van der Waals surface area contributed by atoms with Gasteiger partial charge in [0.05, 0.1) is 33.1 Å². The summed E-state index contributed by atoms with van der Waals surface area (Å²) in [5.74, 6) is 0.791. The van der Waals surface area contributed by atoms with Crippen molar-refractivity contribution in [2.75, 3.05) is 0 Å². The minimum absolute atomic E-state index is 0.791. The molecule has 0 bridgehead atoms. The normalized spacial score (nSPS) is 12.6. The van der Waals surface area contributed by atoms with E-state index in [9.17, 15) is 0 Å².